The van der Waals surface area contributed by atoms with Gasteiger partial charge in [-0.3, -0.25) is 4.79 Å². The zero-order chi connectivity index (χ0) is 10.8. The van der Waals surface area contributed by atoms with Crippen molar-refractivity contribution in [3.05, 3.63) is 0 Å². The van der Waals surface area contributed by atoms with E-state index in [4.69, 9.17) is 5.73 Å². The van der Waals surface area contributed by atoms with E-state index in [0.717, 1.165) is 32.2 Å². The normalized spacial score (nSPS) is 16.9. The summed E-state index contributed by atoms with van der Waals surface area (Å²) in [5.41, 5.74) is 5.46. The van der Waals surface area contributed by atoms with Gasteiger partial charge in [-0.05, 0) is 32.6 Å². The van der Waals surface area contributed by atoms with Crippen LogP contribution >= 0.6 is 0 Å². The number of rotatable bonds is 5. The summed E-state index contributed by atoms with van der Waals surface area (Å²) in [6.45, 7) is 6.80. The summed E-state index contributed by atoms with van der Waals surface area (Å²) in [4.78, 5) is 14.1. The molecule has 0 bridgehead atoms. The number of hydrogen-bond donors (Lipinski definition) is 1. The van der Waals surface area contributed by atoms with E-state index in [0.29, 0.717) is 6.04 Å². The lowest BCUT2D eigenvalue weighted by atomic mass is 9.92. The molecule has 0 spiro atoms. The number of carbonyl (C=O) groups excluding carboxylic acids is 1. The van der Waals surface area contributed by atoms with Gasteiger partial charge in [0.15, 0.2) is 0 Å². The van der Waals surface area contributed by atoms with Crippen LogP contribution in [0, 0.1) is 0 Å². The largest absolute Gasteiger partial charge is 0.338 e. The Labute approximate surface area is 86.6 Å². The Kier molecular flexibility index (Phi) is 3.53. The Morgan fingerprint density at radius 2 is 1.86 bits per heavy atom. The molecule has 1 saturated carbocycles. The van der Waals surface area contributed by atoms with Gasteiger partial charge in [-0.25, -0.2) is 0 Å². The smallest absolute Gasteiger partial charge is 0.242 e. The lowest BCUT2D eigenvalue weighted by Gasteiger charge is -2.32. The molecule has 82 valence electrons. The zero-order valence-corrected chi connectivity index (χ0v) is 9.55. The van der Waals surface area contributed by atoms with Crippen molar-refractivity contribution >= 4 is 5.91 Å². The molecule has 0 unspecified atom stereocenters. The predicted octanol–water partition coefficient (Wildman–Crippen LogP) is 1.51. The molecule has 3 heteroatoms. The molecule has 2 N–H and O–H groups in total. The second-order valence-corrected chi connectivity index (χ2v) is 4.19. The average molecular weight is 198 g/mol. The molecule has 0 aromatic rings. The van der Waals surface area contributed by atoms with Crippen molar-refractivity contribution in [1.82, 2.24) is 4.90 Å². The molecule has 0 aromatic carbocycles. The molecule has 0 heterocycles. The number of hydrogen-bond acceptors (Lipinski definition) is 2. The molecule has 1 aliphatic carbocycles. The van der Waals surface area contributed by atoms with Crippen molar-refractivity contribution in [2.45, 2.75) is 58.0 Å². The fourth-order valence-corrected chi connectivity index (χ4v) is 1.79. The van der Waals surface area contributed by atoms with Crippen molar-refractivity contribution in [3.8, 4) is 0 Å². The molecule has 0 aliphatic heterocycles. The van der Waals surface area contributed by atoms with Crippen LogP contribution in [0.5, 0.6) is 0 Å². The lowest BCUT2D eigenvalue weighted by Crippen LogP contribution is -2.55. The van der Waals surface area contributed by atoms with Crippen LogP contribution < -0.4 is 5.73 Å². The van der Waals surface area contributed by atoms with Gasteiger partial charge in [0, 0.05) is 12.6 Å². The van der Waals surface area contributed by atoms with Crippen LogP contribution in [-0.2, 0) is 4.79 Å². The average Bonchev–Trinajstić information content (AvgIpc) is 3.01. The molecule has 0 atom stereocenters. The SMILES string of the molecule is CCN(C(=O)C(N)(CC)CC)C1CC1. The van der Waals surface area contributed by atoms with Crippen LogP contribution in [0.3, 0.4) is 0 Å². The molecule has 0 aromatic heterocycles. The number of carbonyl (C=O) groups is 1. The topological polar surface area (TPSA) is 46.3 Å². The quantitative estimate of drug-likeness (QED) is 0.728. The van der Waals surface area contributed by atoms with E-state index in [1.165, 1.54) is 0 Å². The number of likely N-dealkylation sites (N-methyl/N-ethyl adjacent to an activating group) is 1. The standard InChI is InChI=1S/C11H22N2O/c1-4-11(12,5-2)10(14)13(6-3)9-7-8-9/h9H,4-8,12H2,1-3H3. The number of amides is 1. The minimum Gasteiger partial charge on any atom is -0.338 e. The van der Waals surface area contributed by atoms with Gasteiger partial charge in [0.25, 0.3) is 0 Å². The minimum absolute atomic E-state index is 0.146. The lowest BCUT2D eigenvalue weighted by molar-refractivity contribution is -0.137. The summed E-state index contributed by atoms with van der Waals surface area (Å²) >= 11 is 0. The van der Waals surface area contributed by atoms with Crippen molar-refractivity contribution in [1.29, 1.82) is 0 Å². The second kappa shape index (κ2) is 4.30. The first-order valence-electron chi connectivity index (χ1n) is 5.69. The highest BCUT2D eigenvalue weighted by Gasteiger charge is 2.39. The van der Waals surface area contributed by atoms with E-state index >= 15 is 0 Å². The van der Waals surface area contributed by atoms with E-state index in [2.05, 4.69) is 0 Å². The fourth-order valence-electron chi connectivity index (χ4n) is 1.79. The van der Waals surface area contributed by atoms with E-state index < -0.39 is 5.54 Å². The van der Waals surface area contributed by atoms with E-state index in [-0.39, 0.29) is 5.91 Å². The fraction of sp³-hybridized carbons (Fsp3) is 0.909. The van der Waals surface area contributed by atoms with Crippen LogP contribution in [0.15, 0.2) is 0 Å². The van der Waals surface area contributed by atoms with Crippen LogP contribution in [-0.4, -0.2) is 28.9 Å². The maximum absolute atomic E-state index is 12.1. The first-order chi connectivity index (χ1) is 6.59. The molecule has 1 aliphatic rings. The van der Waals surface area contributed by atoms with Crippen molar-refractivity contribution in [3.63, 3.8) is 0 Å². The molecule has 3 nitrogen and oxygen atoms in total. The predicted molar refractivity (Wildman–Crippen MR) is 57.9 cm³/mol. The minimum atomic E-state index is -0.626. The summed E-state index contributed by atoms with van der Waals surface area (Å²) in [6, 6.07) is 0.480. The monoisotopic (exact) mass is 198 g/mol. The Hall–Kier alpha value is -0.570. The maximum Gasteiger partial charge on any atom is 0.242 e. The van der Waals surface area contributed by atoms with Gasteiger partial charge in [0.2, 0.25) is 5.91 Å². The Morgan fingerprint density at radius 1 is 1.36 bits per heavy atom. The molecule has 1 rings (SSSR count). The molecule has 14 heavy (non-hydrogen) atoms. The molecule has 0 saturated heterocycles. The van der Waals surface area contributed by atoms with Gasteiger partial charge < -0.3 is 10.6 Å². The van der Waals surface area contributed by atoms with Crippen molar-refractivity contribution in [2.75, 3.05) is 6.54 Å². The summed E-state index contributed by atoms with van der Waals surface area (Å²) in [7, 11) is 0. The Balaban J connectivity index is 2.69. The highest BCUT2D eigenvalue weighted by molar-refractivity contribution is 5.86. The first kappa shape index (κ1) is 11.5. The summed E-state index contributed by atoms with van der Waals surface area (Å²) < 4.78 is 0. The maximum atomic E-state index is 12.1. The summed E-state index contributed by atoms with van der Waals surface area (Å²) in [5, 5.41) is 0. The van der Waals surface area contributed by atoms with Gasteiger partial charge in [0.1, 0.15) is 0 Å². The van der Waals surface area contributed by atoms with Gasteiger partial charge in [0.05, 0.1) is 5.54 Å². The Morgan fingerprint density at radius 3 is 2.14 bits per heavy atom. The third-order valence-electron chi connectivity index (χ3n) is 3.28. The third-order valence-corrected chi connectivity index (χ3v) is 3.28. The number of nitrogens with zero attached hydrogens (tertiary/aromatic N) is 1. The first-order valence-corrected chi connectivity index (χ1v) is 5.69. The molecular weight excluding hydrogens is 176 g/mol. The highest BCUT2D eigenvalue weighted by atomic mass is 16.2. The number of nitrogens with two attached hydrogens (primary N) is 1. The van der Waals surface area contributed by atoms with Crippen LogP contribution in [0.4, 0.5) is 0 Å². The highest BCUT2D eigenvalue weighted by Crippen LogP contribution is 2.29. The van der Waals surface area contributed by atoms with Gasteiger partial charge in [-0.15, -0.1) is 0 Å². The molecular formula is C11H22N2O. The second-order valence-electron chi connectivity index (χ2n) is 4.19. The van der Waals surface area contributed by atoms with E-state index in [9.17, 15) is 4.79 Å². The van der Waals surface area contributed by atoms with Gasteiger partial charge in [-0.1, -0.05) is 13.8 Å². The van der Waals surface area contributed by atoms with Crippen molar-refractivity contribution < 1.29 is 4.79 Å². The van der Waals surface area contributed by atoms with Crippen LogP contribution in [0.1, 0.15) is 46.5 Å². The third kappa shape index (κ3) is 2.08. The molecule has 0 radical (unpaired) electrons. The molecule has 1 fully saturated rings. The van der Waals surface area contributed by atoms with Crippen LogP contribution in [0.2, 0.25) is 0 Å². The summed E-state index contributed by atoms with van der Waals surface area (Å²) in [6.07, 6.45) is 3.77. The molecule has 1 amide bonds. The van der Waals surface area contributed by atoms with Crippen molar-refractivity contribution in [2.24, 2.45) is 5.73 Å². The van der Waals surface area contributed by atoms with Gasteiger partial charge in [-0.2, -0.15) is 0 Å². The van der Waals surface area contributed by atoms with Crippen LogP contribution in [0.25, 0.3) is 0 Å². The zero-order valence-electron chi connectivity index (χ0n) is 9.55. The van der Waals surface area contributed by atoms with E-state index in [1.54, 1.807) is 0 Å². The Bertz CT molecular complexity index is 207. The summed E-state index contributed by atoms with van der Waals surface area (Å²) in [5.74, 6) is 0.146. The van der Waals surface area contributed by atoms with E-state index in [1.807, 2.05) is 25.7 Å². The van der Waals surface area contributed by atoms with Gasteiger partial charge >= 0.3 is 0 Å².